The number of aryl methyl sites for hydroxylation is 2. The lowest BCUT2D eigenvalue weighted by Gasteiger charge is -2.03. The van der Waals surface area contributed by atoms with Crippen LogP contribution >= 0.6 is 0 Å². The van der Waals surface area contributed by atoms with Crippen LogP contribution in [-0.4, -0.2) is 6.54 Å². The van der Waals surface area contributed by atoms with Crippen molar-refractivity contribution in [1.29, 1.82) is 0 Å². The van der Waals surface area contributed by atoms with Crippen LogP contribution in [0.15, 0.2) is 46.9 Å². The van der Waals surface area contributed by atoms with Crippen LogP contribution in [0.1, 0.15) is 23.5 Å². The summed E-state index contributed by atoms with van der Waals surface area (Å²) >= 11 is 0. The number of furan rings is 1. The highest BCUT2D eigenvalue weighted by Gasteiger charge is 1.97. The van der Waals surface area contributed by atoms with Crippen molar-refractivity contribution >= 4 is 0 Å². The molecule has 0 aliphatic rings. The molecule has 0 aliphatic carbocycles. The minimum Gasteiger partial charge on any atom is -0.465 e. The van der Waals surface area contributed by atoms with E-state index in [-0.39, 0.29) is 0 Å². The van der Waals surface area contributed by atoms with Gasteiger partial charge in [-0.1, -0.05) is 30.3 Å². The third kappa shape index (κ3) is 4.08. The van der Waals surface area contributed by atoms with Crippen LogP contribution in [-0.2, 0) is 13.0 Å². The van der Waals surface area contributed by atoms with E-state index in [9.17, 15) is 0 Å². The van der Waals surface area contributed by atoms with Crippen LogP contribution in [0.5, 0.6) is 0 Å². The summed E-state index contributed by atoms with van der Waals surface area (Å²) < 4.78 is 5.49. The van der Waals surface area contributed by atoms with E-state index >= 15 is 0 Å². The zero-order chi connectivity index (χ0) is 11.9. The quantitative estimate of drug-likeness (QED) is 0.769. The van der Waals surface area contributed by atoms with E-state index in [1.165, 1.54) is 5.56 Å². The fourth-order valence-corrected chi connectivity index (χ4v) is 1.85. The van der Waals surface area contributed by atoms with Crippen LogP contribution in [0, 0.1) is 6.92 Å². The topological polar surface area (TPSA) is 25.2 Å². The Labute approximate surface area is 103 Å². The smallest absolute Gasteiger partial charge is 0.117 e. The highest BCUT2D eigenvalue weighted by atomic mass is 16.3. The molecule has 0 saturated heterocycles. The van der Waals surface area contributed by atoms with Gasteiger partial charge in [-0.2, -0.15) is 0 Å². The molecule has 0 amide bonds. The van der Waals surface area contributed by atoms with Crippen molar-refractivity contribution in [2.45, 2.75) is 26.3 Å². The largest absolute Gasteiger partial charge is 0.465 e. The molecule has 2 rings (SSSR count). The minimum absolute atomic E-state index is 0.822. The summed E-state index contributed by atoms with van der Waals surface area (Å²) in [6.07, 6.45) is 2.29. The second kappa shape index (κ2) is 6.26. The van der Waals surface area contributed by atoms with Gasteiger partial charge in [0.15, 0.2) is 0 Å². The van der Waals surface area contributed by atoms with Gasteiger partial charge in [0.05, 0.1) is 6.54 Å². The molecule has 1 N–H and O–H groups in total. The van der Waals surface area contributed by atoms with Crippen molar-refractivity contribution in [2.75, 3.05) is 6.54 Å². The van der Waals surface area contributed by atoms with Gasteiger partial charge in [0.25, 0.3) is 0 Å². The molecule has 2 heteroatoms. The van der Waals surface area contributed by atoms with Crippen molar-refractivity contribution in [3.8, 4) is 0 Å². The van der Waals surface area contributed by atoms with Crippen LogP contribution in [0.25, 0.3) is 0 Å². The molecule has 0 radical (unpaired) electrons. The Hall–Kier alpha value is -1.54. The van der Waals surface area contributed by atoms with E-state index in [0.717, 1.165) is 37.5 Å². The first-order valence-electron chi connectivity index (χ1n) is 6.14. The van der Waals surface area contributed by atoms with Gasteiger partial charge in [-0.25, -0.2) is 0 Å². The van der Waals surface area contributed by atoms with Gasteiger partial charge < -0.3 is 9.73 Å². The van der Waals surface area contributed by atoms with Gasteiger partial charge in [0.1, 0.15) is 11.5 Å². The third-order valence-electron chi connectivity index (χ3n) is 2.76. The SMILES string of the molecule is Cc1ccc(CNCCCc2ccccc2)o1. The summed E-state index contributed by atoms with van der Waals surface area (Å²) in [6, 6.07) is 14.6. The molecule has 0 spiro atoms. The highest BCUT2D eigenvalue weighted by molar-refractivity contribution is 5.14. The Morgan fingerprint density at radius 1 is 1.06 bits per heavy atom. The number of rotatable bonds is 6. The van der Waals surface area contributed by atoms with Gasteiger partial charge >= 0.3 is 0 Å². The molecule has 0 unspecified atom stereocenters. The number of nitrogens with one attached hydrogen (secondary N) is 1. The lowest BCUT2D eigenvalue weighted by atomic mass is 10.1. The van der Waals surface area contributed by atoms with Crippen molar-refractivity contribution in [1.82, 2.24) is 5.32 Å². The highest BCUT2D eigenvalue weighted by Crippen LogP contribution is 2.05. The molecule has 0 fully saturated rings. The van der Waals surface area contributed by atoms with Crippen molar-refractivity contribution in [3.63, 3.8) is 0 Å². The molecule has 2 aromatic rings. The fourth-order valence-electron chi connectivity index (χ4n) is 1.85. The normalized spacial score (nSPS) is 10.6. The lowest BCUT2D eigenvalue weighted by Crippen LogP contribution is -2.14. The van der Waals surface area contributed by atoms with Crippen molar-refractivity contribution in [3.05, 3.63) is 59.5 Å². The number of hydrogen-bond donors (Lipinski definition) is 1. The predicted molar refractivity (Wildman–Crippen MR) is 69.9 cm³/mol. The number of hydrogen-bond acceptors (Lipinski definition) is 2. The summed E-state index contributed by atoms with van der Waals surface area (Å²) in [5.74, 6) is 1.99. The molecule has 1 aromatic heterocycles. The Kier molecular flexibility index (Phi) is 4.39. The van der Waals surface area contributed by atoms with Crippen LogP contribution in [0.2, 0.25) is 0 Å². The predicted octanol–water partition coefficient (Wildman–Crippen LogP) is 3.31. The first-order chi connectivity index (χ1) is 8.34. The maximum absolute atomic E-state index is 5.49. The van der Waals surface area contributed by atoms with Crippen LogP contribution in [0.3, 0.4) is 0 Å². The maximum Gasteiger partial charge on any atom is 0.117 e. The maximum atomic E-state index is 5.49. The van der Waals surface area contributed by atoms with Gasteiger partial charge in [-0.05, 0) is 44.0 Å². The Morgan fingerprint density at radius 2 is 1.88 bits per heavy atom. The summed E-state index contributed by atoms with van der Waals surface area (Å²) in [7, 11) is 0. The van der Waals surface area contributed by atoms with E-state index in [1.807, 2.05) is 19.1 Å². The zero-order valence-corrected chi connectivity index (χ0v) is 10.3. The first kappa shape index (κ1) is 11.9. The second-order valence-corrected chi connectivity index (χ2v) is 4.28. The average molecular weight is 229 g/mol. The Morgan fingerprint density at radius 3 is 2.59 bits per heavy atom. The van der Waals surface area contributed by atoms with E-state index in [2.05, 4.69) is 35.6 Å². The number of benzene rings is 1. The van der Waals surface area contributed by atoms with Crippen molar-refractivity contribution < 1.29 is 4.42 Å². The summed E-state index contributed by atoms with van der Waals surface area (Å²) in [5, 5.41) is 3.39. The van der Waals surface area contributed by atoms with E-state index < -0.39 is 0 Å². The molecular weight excluding hydrogens is 210 g/mol. The first-order valence-corrected chi connectivity index (χ1v) is 6.14. The summed E-state index contributed by atoms with van der Waals surface area (Å²) in [4.78, 5) is 0. The Balaban J connectivity index is 1.61. The molecule has 0 saturated carbocycles. The molecule has 1 aromatic carbocycles. The second-order valence-electron chi connectivity index (χ2n) is 4.28. The molecule has 0 atom stereocenters. The molecule has 17 heavy (non-hydrogen) atoms. The van der Waals surface area contributed by atoms with Gasteiger partial charge in [0.2, 0.25) is 0 Å². The van der Waals surface area contributed by atoms with Crippen LogP contribution < -0.4 is 5.32 Å². The molecule has 0 bridgehead atoms. The third-order valence-corrected chi connectivity index (χ3v) is 2.76. The van der Waals surface area contributed by atoms with E-state index in [4.69, 9.17) is 4.42 Å². The van der Waals surface area contributed by atoms with Gasteiger partial charge in [0, 0.05) is 0 Å². The average Bonchev–Trinajstić information content (AvgIpc) is 2.76. The van der Waals surface area contributed by atoms with Gasteiger partial charge in [-0.15, -0.1) is 0 Å². The summed E-state index contributed by atoms with van der Waals surface area (Å²) in [5.41, 5.74) is 1.41. The van der Waals surface area contributed by atoms with E-state index in [1.54, 1.807) is 0 Å². The molecule has 2 nitrogen and oxygen atoms in total. The molecular formula is C15H19NO. The molecule has 1 heterocycles. The van der Waals surface area contributed by atoms with Crippen molar-refractivity contribution in [2.24, 2.45) is 0 Å². The van der Waals surface area contributed by atoms with Gasteiger partial charge in [-0.3, -0.25) is 0 Å². The summed E-state index contributed by atoms with van der Waals surface area (Å²) in [6.45, 7) is 3.82. The lowest BCUT2D eigenvalue weighted by molar-refractivity contribution is 0.460. The standard InChI is InChI=1S/C15H19NO/c1-13-9-10-15(17-13)12-16-11-5-8-14-6-3-2-4-7-14/h2-4,6-7,9-10,16H,5,8,11-12H2,1H3. The van der Waals surface area contributed by atoms with E-state index in [0.29, 0.717) is 0 Å². The van der Waals surface area contributed by atoms with Crippen LogP contribution in [0.4, 0.5) is 0 Å². The molecule has 0 aliphatic heterocycles. The molecule has 90 valence electrons. The Bertz CT molecular complexity index is 433. The fraction of sp³-hybridized carbons (Fsp3) is 0.333. The minimum atomic E-state index is 0.822. The monoisotopic (exact) mass is 229 g/mol. The zero-order valence-electron chi connectivity index (χ0n) is 10.3.